The first-order valence-electron chi connectivity index (χ1n) is 1.33. The number of hydrogen-bond donors (Lipinski definition) is 4. The van der Waals surface area contributed by atoms with Gasteiger partial charge in [-0.25, -0.2) is 0 Å². The van der Waals surface area contributed by atoms with E-state index in [-0.39, 0.29) is 57.5 Å². The molecule has 64 valence electrons. The van der Waals surface area contributed by atoms with Gasteiger partial charge in [-0.15, -0.1) is 10.1 Å². The number of rotatable bonds is 0. The van der Waals surface area contributed by atoms with E-state index in [4.69, 9.17) is 34.6 Å². The normalized spacial score (nSPS) is 7.55. The molecule has 0 spiro atoms. The summed E-state index contributed by atoms with van der Waals surface area (Å²) in [6, 6.07) is 0. The first-order chi connectivity index (χ1) is 3.73. The fourth-order valence-corrected chi connectivity index (χ4v) is 0. The minimum Gasteiger partial charge on any atom is -0.756 e. The van der Waals surface area contributed by atoms with Crippen molar-refractivity contribution in [1.82, 2.24) is 6.15 Å². The fraction of sp³-hybridized carbons (Fsp3) is 0. The molecule has 0 fully saturated rings. The summed E-state index contributed by atoms with van der Waals surface area (Å²) in [6.07, 6.45) is 0. The van der Waals surface area contributed by atoms with Crippen LogP contribution in [-0.2, 0) is 4.57 Å². The third kappa shape index (κ3) is 1050. The molecule has 0 aliphatic heterocycles. The molecule has 0 aromatic rings. The quantitative estimate of drug-likeness (QED) is 0.135. The summed E-state index contributed by atoms with van der Waals surface area (Å²) in [5.74, 6) is 0. The SMILES string of the molecule is N.O=P([O-])(O)O.O=[N+]([O-])O.[K+]. The van der Waals surface area contributed by atoms with Gasteiger partial charge in [-0.05, 0) is 0 Å². The van der Waals surface area contributed by atoms with Gasteiger partial charge in [-0.3, -0.25) is 4.57 Å². The Balaban J connectivity index is -0.0000000383. The average Bonchev–Trinajstić information content (AvgIpc) is 1.19. The van der Waals surface area contributed by atoms with Crippen LogP contribution in [0, 0.1) is 10.1 Å². The molecule has 0 aliphatic rings. The molecule has 0 saturated carbocycles. The first kappa shape index (κ1) is 22.7. The fourth-order valence-electron chi connectivity index (χ4n) is 0. The molecule has 6 N–H and O–H groups in total. The molecule has 9 nitrogen and oxygen atoms in total. The van der Waals surface area contributed by atoms with Gasteiger partial charge in [0.2, 0.25) is 0 Å². The predicted molar refractivity (Wildman–Crippen MR) is 25.8 cm³/mol. The van der Waals surface area contributed by atoms with Gasteiger partial charge < -0.3 is 26.0 Å². The van der Waals surface area contributed by atoms with E-state index in [1.165, 1.54) is 0 Å². The van der Waals surface area contributed by atoms with Crippen LogP contribution in [0.5, 0.6) is 0 Å². The van der Waals surface area contributed by atoms with Gasteiger partial charge in [0.1, 0.15) is 0 Å². The molecule has 0 aromatic carbocycles. The molecule has 0 radical (unpaired) electrons. The Morgan fingerprint density at radius 3 is 1.36 bits per heavy atom. The van der Waals surface area contributed by atoms with Crippen LogP contribution < -0.4 is 62.4 Å². The number of hydrogen-bond acceptors (Lipinski definition) is 5. The summed E-state index contributed by atoms with van der Waals surface area (Å²) in [6.45, 7) is 0. The standard InChI is InChI=1S/K.HNO3.H3N.H3O4P/c;2-1(3)4;;1-5(2,3)4/h;(H,2,3,4);1H3;(H3,1,2,3,4)/q+1;;;/p-1. The third-order valence-corrected chi connectivity index (χ3v) is 0. The Hall–Kier alpha value is 0.906. The van der Waals surface area contributed by atoms with Crippen LogP contribution in [0.4, 0.5) is 0 Å². The summed E-state index contributed by atoms with van der Waals surface area (Å²) < 4.78 is 8.77. The largest absolute Gasteiger partial charge is 1.00 e. The van der Waals surface area contributed by atoms with Crippen molar-refractivity contribution in [2.24, 2.45) is 0 Å². The van der Waals surface area contributed by atoms with Gasteiger partial charge in [-0.1, -0.05) is 0 Å². The Morgan fingerprint density at radius 1 is 1.36 bits per heavy atom. The van der Waals surface area contributed by atoms with Crippen molar-refractivity contribution in [3.63, 3.8) is 0 Å². The van der Waals surface area contributed by atoms with Crippen LogP contribution in [0.15, 0.2) is 0 Å². The monoisotopic (exact) mass is 216 g/mol. The maximum absolute atomic E-state index is 8.77. The van der Waals surface area contributed by atoms with Crippen LogP contribution in [0.2, 0.25) is 0 Å². The molecule has 0 amide bonds. The van der Waals surface area contributed by atoms with Gasteiger partial charge in [0.05, 0.1) is 0 Å². The second-order valence-electron chi connectivity index (χ2n) is 0.728. The topological polar surface area (TPSA) is 179 Å². The van der Waals surface area contributed by atoms with E-state index >= 15 is 0 Å². The van der Waals surface area contributed by atoms with E-state index in [1.54, 1.807) is 0 Å². The van der Waals surface area contributed by atoms with E-state index in [0.717, 1.165) is 0 Å². The van der Waals surface area contributed by atoms with Crippen molar-refractivity contribution in [2.75, 3.05) is 0 Å². The summed E-state index contributed by atoms with van der Waals surface area (Å²) >= 11 is 0. The smallest absolute Gasteiger partial charge is 0.756 e. The minimum atomic E-state index is -4.89. The molecule has 0 bridgehead atoms. The molecule has 0 aromatic heterocycles. The van der Waals surface area contributed by atoms with E-state index in [1.807, 2.05) is 0 Å². The summed E-state index contributed by atoms with van der Waals surface area (Å²) in [5.41, 5.74) is 0. The molecular formula is H6KN2O7P. The molecule has 0 atom stereocenters. The maximum atomic E-state index is 8.77. The zero-order valence-corrected chi connectivity index (χ0v) is 9.59. The van der Waals surface area contributed by atoms with Crippen LogP contribution in [0.3, 0.4) is 0 Å². The van der Waals surface area contributed by atoms with E-state index in [0.29, 0.717) is 0 Å². The second kappa shape index (κ2) is 10.9. The maximum Gasteiger partial charge on any atom is 1.00 e. The second-order valence-corrected chi connectivity index (χ2v) is 1.71. The minimum absolute atomic E-state index is 0. The van der Waals surface area contributed by atoms with Crippen molar-refractivity contribution >= 4 is 7.82 Å². The van der Waals surface area contributed by atoms with E-state index in [2.05, 4.69) is 0 Å². The molecule has 0 unspecified atom stereocenters. The average molecular weight is 216 g/mol. The molecule has 0 saturated heterocycles. The van der Waals surface area contributed by atoms with Crippen LogP contribution in [0.1, 0.15) is 0 Å². The van der Waals surface area contributed by atoms with Crippen molar-refractivity contribution < 1.29 is 80.9 Å². The van der Waals surface area contributed by atoms with Crippen molar-refractivity contribution in [3.8, 4) is 0 Å². The zero-order chi connectivity index (χ0) is 8.08. The van der Waals surface area contributed by atoms with Crippen molar-refractivity contribution in [3.05, 3.63) is 10.1 Å². The summed E-state index contributed by atoms with van der Waals surface area (Å²) in [7, 11) is -4.89. The Morgan fingerprint density at radius 2 is 1.36 bits per heavy atom. The van der Waals surface area contributed by atoms with Gasteiger partial charge in [0.15, 0.2) is 0 Å². The number of nitrogens with zero attached hydrogens (tertiary/aromatic N) is 1. The predicted octanol–water partition coefficient (Wildman–Crippen LogP) is -4.74. The Labute approximate surface area is 104 Å². The zero-order valence-electron chi connectivity index (χ0n) is 5.58. The Kier molecular flexibility index (Phi) is 22.5. The molecule has 0 heterocycles. The van der Waals surface area contributed by atoms with Gasteiger partial charge >= 0.3 is 51.4 Å². The Bertz CT molecular complexity index is 116. The summed E-state index contributed by atoms with van der Waals surface area (Å²) in [5, 5.41) is 13.6. The van der Waals surface area contributed by atoms with E-state index in [9.17, 15) is 0 Å². The van der Waals surface area contributed by atoms with Crippen molar-refractivity contribution in [2.45, 2.75) is 0 Å². The number of phosphoric acid groups is 1. The molecule has 11 heteroatoms. The molecule has 0 rings (SSSR count). The van der Waals surface area contributed by atoms with E-state index < -0.39 is 12.9 Å². The van der Waals surface area contributed by atoms with Crippen molar-refractivity contribution in [1.29, 1.82) is 0 Å². The van der Waals surface area contributed by atoms with Gasteiger partial charge in [0.25, 0.3) is 12.9 Å². The molecule has 11 heavy (non-hydrogen) atoms. The summed E-state index contributed by atoms with van der Waals surface area (Å²) in [4.78, 5) is 31.3. The first-order valence-corrected chi connectivity index (χ1v) is 2.86. The van der Waals surface area contributed by atoms with Crippen LogP contribution in [0.25, 0.3) is 0 Å². The molecule has 0 aliphatic carbocycles. The van der Waals surface area contributed by atoms with Crippen LogP contribution in [-0.4, -0.2) is 20.1 Å². The van der Waals surface area contributed by atoms with Gasteiger partial charge in [-0.2, -0.15) is 0 Å². The third-order valence-electron chi connectivity index (χ3n) is 0. The molecular weight excluding hydrogens is 210 g/mol. The van der Waals surface area contributed by atoms with Crippen LogP contribution >= 0.6 is 7.82 Å². The van der Waals surface area contributed by atoms with Gasteiger partial charge in [0, 0.05) is 0 Å².